The van der Waals surface area contributed by atoms with Gasteiger partial charge in [-0.05, 0) is 55.7 Å². The van der Waals surface area contributed by atoms with Gasteiger partial charge in [0, 0.05) is 42.7 Å². The number of aromatic nitrogens is 4. The maximum atomic E-state index is 13.8. The van der Waals surface area contributed by atoms with Crippen LogP contribution < -0.4 is 13.6 Å². The minimum Gasteiger partial charge on any atom is -0.477 e. The maximum absolute atomic E-state index is 13.8. The molecular weight excluding hydrogens is 693 g/mol. The third-order valence-electron chi connectivity index (χ3n) is 10.5. The van der Waals surface area contributed by atoms with Crippen LogP contribution in [0, 0.1) is 0 Å². The van der Waals surface area contributed by atoms with Crippen LogP contribution in [0.4, 0.5) is 0 Å². The molecule has 12 nitrogen and oxygen atoms in total. The second kappa shape index (κ2) is 21.8. The number of ether oxygens (including phenoxy) is 1. The molecule has 4 rings (SSSR count). The van der Waals surface area contributed by atoms with Crippen molar-refractivity contribution in [3.05, 3.63) is 41.3 Å². The van der Waals surface area contributed by atoms with Crippen molar-refractivity contribution in [3.8, 4) is 11.5 Å². The van der Waals surface area contributed by atoms with Gasteiger partial charge in [0.2, 0.25) is 0 Å². The molecule has 0 aliphatic heterocycles. The second-order valence-electron chi connectivity index (χ2n) is 15.6. The number of nitrogens with one attached hydrogen (secondary N) is 2. The highest BCUT2D eigenvalue weighted by Gasteiger charge is 2.28. The van der Waals surface area contributed by atoms with E-state index in [2.05, 4.69) is 54.6 Å². The van der Waals surface area contributed by atoms with Gasteiger partial charge >= 0.3 is 0 Å². The molecule has 298 valence electrons. The molecule has 0 radical (unpaired) electrons. The Balaban J connectivity index is 1.52. The molecular formula is C40H66N6O6S. The monoisotopic (exact) mass is 758 g/mol. The summed E-state index contributed by atoms with van der Waals surface area (Å²) in [6.45, 7) is 10.8. The first kappa shape index (κ1) is 42.7. The van der Waals surface area contributed by atoms with Gasteiger partial charge in [-0.15, -0.1) is 10.2 Å². The van der Waals surface area contributed by atoms with Crippen LogP contribution in [-0.2, 0) is 21.5 Å². The van der Waals surface area contributed by atoms with Gasteiger partial charge in [-0.1, -0.05) is 105 Å². The Morgan fingerprint density at radius 2 is 1.66 bits per heavy atom. The Bertz CT molecular complexity index is 1540. The Morgan fingerprint density at radius 3 is 2.30 bits per heavy atom. The summed E-state index contributed by atoms with van der Waals surface area (Å²) >= 11 is -1.93. The van der Waals surface area contributed by atoms with Crippen LogP contribution in [0.3, 0.4) is 0 Å². The number of aliphatic hydroxyl groups is 2. The van der Waals surface area contributed by atoms with Gasteiger partial charge in [-0.25, -0.2) is 9.24 Å². The first-order valence-corrected chi connectivity index (χ1v) is 21.3. The molecule has 53 heavy (non-hydrogen) atoms. The smallest absolute Gasteiger partial charge is 0.288 e. The molecule has 2 aromatic heterocycles. The van der Waals surface area contributed by atoms with Crippen LogP contribution in [-0.4, -0.2) is 84.0 Å². The van der Waals surface area contributed by atoms with Gasteiger partial charge in [-0.2, -0.15) is 4.21 Å². The number of carbonyl (C=O) groups is 1. The fourth-order valence-corrected chi connectivity index (χ4v) is 7.84. The molecule has 3 unspecified atom stereocenters. The van der Waals surface area contributed by atoms with Gasteiger partial charge in [0.25, 0.3) is 17.2 Å². The number of aromatic amines is 1. The number of hydrogen-bond acceptors (Lipinski definition) is 8. The maximum Gasteiger partial charge on any atom is 0.288 e. The first-order chi connectivity index (χ1) is 25.6. The zero-order valence-electron chi connectivity index (χ0n) is 32.9. The lowest BCUT2D eigenvalue weighted by molar-refractivity contribution is -0.140. The van der Waals surface area contributed by atoms with Crippen molar-refractivity contribution in [2.45, 2.75) is 154 Å². The summed E-state index contributed by atoms with van der Waals surface area (Å²) in [4.78, 5) is 15.3. The minimum atomic E-state index is -1.93. The number of rotatable bonds is 24. The van der Waals surface area contributed by atoms with Gasteiger partial charge in [0.05, 0.1) is 13.2 Å². The zero-order valence-corrected chi connectivity index (χ0v) is 33.7. The standard InChI is InChI=1S/C40H66N6O6S/c1-6-8-9-10-11-12-13-17-20-34(39(49)45(23-25-47)24-26-48)51-33-22-21-32(31-18-15-14-16-19-31)27-35(33)52-53(50)41-29-30(7-2)38-43-42-37-28-36(40(3,4)5)44-46(37)38/h21-22,27-28,30-31,34,41,44,47-48H,6-20,23-26,29H2,1-5H3. The molecule has 0 bridgehead atoms. The van der Waals surface area contributed by atoms with E-state index in [1.807, 2.05) is 28.8 Å². The molecule has 0 spiro atoms. The van der Waals surface area contributed by atoms with E-state index in [1.54, 1.807) is 0 Å². The van der Waals surface area contributed by atoms with Crippen LogP contribution in [0.2, 0.25) is 0 Å². The summed E-state index contributed by atoms with van der Waals surface area (Å²) in [5.41, 5.74) is 2.83. The predicted octanol–water partition coefficient (Wildman–Crippen LogP) is 7.23. The number of amides is 1. The molecule has 3 aromatic rings. The lowest BCUT2D eigenvalue weighted by atomic mass is 9.84. The summed E-state index contributed by atoms with van der Waals surface area (Å²) < 4.78 is 31.2. The molecule has 1 fully saturated rings. The number of hydrogen-bond donors (Lipinski definition) is 4. The predicted molar refractivity (Wildman–Crippen MR) is 211 cm³/mol. The molecule has 1 aromatic carbocycles. The summed E-state index contributed by atoms with van der Waals surface area (Å²) in [5, 5.41) is 31.6. The Labute approximate surface area is 319 Å². The summed E-state index contributed by atoms with van der Waals surface area (Å²) in [6.07, 6.45) is 15.1. The lowest BCUT2D eigenvalue weighted by Crippen LogP contribution is -2.44. The number of nitrogens with zero attached hydrogens (tertiary/aromatic N) is 4. The number of fused-ring (bicyclic) bond motifs is 1. The third-order valence-corrected chi connectivity index (χ3v) is 11.2. The van der Waals surface area contributed by atoms with Crippen molar-refractivity contribution in [1.29, 1.82) is 0 Å². The first-order valence-electron chi connectivity index (χ1n) is 20.2. The molecule has 2 heterocycles. The fourth-order valence-electron chi connectivity index (χ4n) is 7.15. The molecule has 3 atom stereocenters. The van der Waals surface area contributed by atoms with Gasteiger partial charge in [0.15, 0.2) is 29.1 Å². The van der Waals surface area contributed by atoms with Gasteiger partial charge in [-0.3, -0.25) is 9.89 Å². The molecule has 1 amide bonds. The highest BCUT2D eigenvalue weighted by molar-refractivity contribution is 7.78. The minimum absolute atomic E-state index is 0.0767. The largest absolute Gasteiger partial charge is 0.477 e. The van der Waals surface area contributed by atoms with Crippen molar-refractivity contribution >= 4 is 22.8 Å². The van der Waals surface area contributed by atoms with E-state index in [4.69, 9.17) is 8.92 Å². The Morgan fingerprint density at radius 1 is 0.981 bits per heavy atom. The van der Waals surface area contributed by atoms with Crippen molar-refractivity contribution in [2.24, 2.45) is 0 Å². The summed E-state index contributed by atoms with van der Waals surface area (Å²) in [7, 11) is 0. The Hall–Kier alpha value is -3.00. The summed E-state index contributed by atoms with van der Waals surface area (Å²) in [5.74, 6) is 1.41. The molecule has 13 heteroatoms. The van der Waals surface area contributed by atoms with E-state index in [0.29, 0.717) is 30.4 Å². The van der Waals surface area contributed by atoms with Crippen molar-refractivity contribution in [3.63, 3.8) is 0 Å². The van der Waals surface area contributed by atoms with Gasteiger partial charge < -0.3 is 24.0 Å². The quantitative estimate of drug-likeness (QED) is 0.0698. The molecule has 4 N–H and O–H groups in total. The number of benzene rings is 1. The number of unbranched alkanes of at least 4 members (excludes halogenated alkanes) is 7. The van der Waals surface area contributed by atoms with Crippen LogP contribution in [0.1, 0.15) is 160 Å². The van der Waals surface area contributed by atoms with E-state index in [1.165, 1.54) is 56.3 Å². The van der Waals surface area contributed by atoms with Crippen LogP contribution in [0.15, 0.2) is 24.3 Å². The SMILES string of the molecule is CCCCCCCCCCC(Oc1ccc(C2CCCCC2)cc1OS(=O)NCC(CC)c1nnc2cc(C(C)(C)C)[nH]n12)C(=O)N(CCO)CCO. The number of H-pyrrole nitrogens is 1. The topological polar surface area (TPSA) is 154 Å². The molecule has 1 aliphatic carbocycles. The van der Waals surface area contributed by atoms with E-state index < -0.39 is 17.4 Å². The highest BCUT2D eigenvalue weighted by atomic mass is 32.2. The van der Waals surface area contributed by atoms with E-state index in [9.17, 15) is 19.2 Å². The highest BCUT2D eigenvalue weighted by Crippen LogP contribution is 2.38. The van der Waals surface area contributed by atoms with Crippen molar-refractivity contribution < 1.29 is 28.1 Å². The third kappa shape index (κ3) is 12.8. The summed E-state index contributed by atoms with van der Waals surface area (Å²) in [6, 6.07) is 7.82. The molecule has 1 saturated carbocycles. The second-order valence-corrected chi connectivity index (χ2v) is 16.6. The van der Waals surface area contributed by atoms with Crippen LogP contribution >= 0.6 is 0 Å². The van der Waals surface area contributed by atoms with E-state index in [-0.39, 0.29) is 43.5 Å². The van der Waals surface area contributed by atoms with Crippen LogP contribution in [0.5, 0.6) is 11.5 Å². The number of carbonyl (C=O) groups excluding carboxylic acids is 1. The average molecular weight is 759 g/mol. The van der Waals surface area contributed by atoms with E-state index in [0.717, 1.165) is 61.3 Å². The van der Waals surface area contributed by atoms with Gasteiger partial charge in [0.1, 0.15) is 0 Å². The molecule has 1 aliphatic rings. The van der Waals surface area contributed by atoms with Crippen molar-refractivity contribution in [1.82, 2.24) is 29.4 Å². The number of aliphatic hydroxyl groups excluding tert-OH is 2. The molecule has 0 saturated heterocycles. The Kier molecular flexibility index (Phi) is 17.6. The normalized spacial score (nSPS) is 15.8. The zero-order chi connectivity index (χ0) is 38.2. The fraction of sp³-hybridized carbons (Fsp3) is 0.725. The average Bonchev–Trinajstić information content (AvgIpc) is 3.76. The van der Waals surface area contributed by atoms with E-state index >= 15 is 0 Å². The van der Waals surface area contributed by atoms with Crippen molar-refractivity contribution in [2.75, 3.05) is 32.8 Å². The van der Waals surface area contributed by atoms with Crippen LogP contribution in [0.25, 0.3) is 5.65 Å². The lowest BCUT2D eigenvalue weighted by Gasteiger charge is -2.28.